The van der Waals surface area contributed by atoms with E-state index in [1.807, 2.05) is 0 Å². The number of rotatable bonds is 5. The number of thiophene rings is 1. The Bertz CT molecular complexity index is 1070. The summed E-state index contributed by atoms with van der Waals surface area (Å²) in [6.07, 6.45) is 0. The molecule has 0 bridgehead atoms. The van der Waals surface area contributed by atoms with Gasteiger partial charge in [-0.3, -0.25) is 9.59 Å². The molecule has 142 valence electrons. The molecule has 0 saturated carbocycles. The second kappa shape index (κ2) is 8.55. The Hall–Kier alpha value is -2.68. The fraction of sp³-hybridized carbons (Fsp3) is 0. The number of nitrogens with one attached hydrogen (secondary N) is 2. The molecule has 3 rings (SSSR count). The van der Waals surface area contributed by atoms with Crippen LogP contribution in [0.2, 0.25) is 5.02 Å². The van der Waals surface area contributed by atoms with Gasteiger partial charge < -0.3 is 15.7 Å². The standard InChI is InChI=1S/C19H12BrClN2O4S/c20-14-7-8-28-16(14)18(25)23-15-9-10(1-6-13(15)19(26)27)17(24)22-12-4-2-11(21)3-5-12/h1-9H,(H,22,24)(H,23,25)(H,26,27). The Morgan fingerprint density at radius 3 is 2.29 bits per heavy atom. The highest BCUT2D eigenvalue weighted by Gasteiger charge is 2.18. The molecule has 0 saturated heterocycles. The van der Waals surface area contributed by atoms with Crippen LogP contribution in [-0.2, 0) is 0 Å². The predicted octanol–water partition coefficient (Wildman–Crippen LogP) is 5.37. The molecule has 0 spiro atoms. The minimum Gasteiger partial charge on any atom is -0.478 e. The van der Waals surface area contributed by atoms with Crippen LogP contribution in [0, 0.1) is 0 Å². The van der Waals surface area contributed by atoms with Gasteiger partial charge in [0.1, 0.15) is 4.88 Å². The van der Waals surface area contributed by atoms with Gasteiger partial charge in [-0.15, -0.1) is 11.3 Å². The minimum atomic E-state index is -1.22. The van der Waals surface area contributed by atoms with Crippen LogP contribution in [0.1, 0.15) is 30.4 Å². The first-order valence-corrected chi connectivity index (χ1v) is 9.89. The zero-order valence-corrected chi connectivity index (χ0v) is 17.2. The van der Waals surface area contributed by atoms with Crippen molar-refractivity contribution in [1.82, 2.24) is 0 Å². The van der Waals surface area contributed by atoms with Gasteiger partial charge in [-0.2, -0.15) is 0 Å². The summed E-state index contributed by atoms with van der Waals surface area (Å²) in [6.45, 7) is 0. The van der Waals surface area contributed by atoms with E-state index in [1.165, 1.54) is 29.5 Å². The number of halogens is 2. The molecule has 3 aromatic rings. The third-order valence-corrected chi connectivity index (χ3v) is 5.77. The maximum absolute atomic E-state index is 12.5. The van der Waals surface area contributed by atoms with Crippen molar-refractivity contribution in [3.8, 4) is 0 Å². The maximum Gasteiger partial charge on any atom is 0.337 e. The number of hydrogen-bond donors (Lipinski definition) is 3. The predicted molar refractivity (Wildman–Crippen MR) is 113 cm³/mol. The number of anilines is 2. The lowest BCUT2D eigenvalue weighted by Crippen LogP contribution is -2.17. The molecular weight excluding hydrogens is 468 g/mol. The van der Waals surface area contributed by atoms with Crippen LogP contribution >= 0.6 is 38.9 Å². The molecule has 0 aliphatic carbocycles. The number of carbonyl (C=O) groups is 3. The molecule has 9 heteroatoms. The van der Waals surface area contributed by atoms with E-state index in [0.717, 1.165) is 0 Å². The summed E-state index contributed by atoms with van der Waals surface area (Å²) in [4.78, 5) is 36.8. The molecule has 0 atom stereocenters. The number of benzene rings is 2. The lowest BCUT2D eigenvalue weighted by atomic mass is 10.1. The number of carboxylic acid groups (broad SMARTS) is 1. The topological polar surface area (TPSA) is 95.5 Å². The lowest BCUT2D eigenvalue weighted by molar-refractivity contribution is 0.0697. The monoisotopic (exact) mass is 478 g/mol. The van der Waals surface area contributed by atoms with E-state index in [4.69, 9.17) is 11.6 Å². The first-order chi connectivity index (χ1) is 13.3. The summed E-state index contributed by atoms with van der Waals surface area (Å²) in [5.41, 5.74) is 0.635. The molecule has 2 aromatic carbocycles. The Morgan fingerprint density at radius 2 is 1.68 bits per heavy atom. The van der Waals surface area contributed by atoms with Crippen molar-refractivity contribution in [3.05, 3.63) is 79.4 Å². The highest BCUT2D eigenvalue weighted by Crippen LogP contribution is 2.26. The van der Waals surface area contributed by atoms with E-state index in [1.54, 1.807) is 35.7 Å². The van der Waals surface area contributed by atoms with E-state index >= 15 is 0 Å². The van der Waals surface area contributed by atoms with Gasteiger partial charge in [0.2, 0.25) is 0 Å². The van der Waals surface area contributed by atoms with Crippen molar-refractivity contribution in [2.75, 3.05) is 10.6 Å². The fourth-order valence-electron chi connectivity index (χ4n) is 2.35. The van der Waals surface area contributed by atoms with Gasteiger partial charge in [0.25, 0.3) is 11.8 Å². The minimum absolute atomic E-state index is 0.0292. The number of hydrogen-bond acceptors (Lipinski definition) is 4. The molecule has 0 aliphatic rings. The summed E-state index contributed by atoms with van der Waals surface area (Å²) >= 11 is 10.3. The number of amides is 2. The Balaban J connectivity index is 1.87. The van der Waals surface area contributed by atoms with Gasteiger partial charge in [-0.1, -0.05) is 11.6 Å². The Labute approximate surface area is 177 Å². The van der Waals surface area contributed by atoms with Crippen LogP contribution in [-0.4, -0.2) is 22.9 Å². The average Bonchev–Trinajstić information content (AvgIpc) is 3.09. The van der Waals surface area contributed by atoms with Gasteiger partial charge >= 0.3 is 5.97 Å². The Kier molecular flexibility index (Phi) is 6.13. The molecule has 0 unspecified atom stereocenters. The molecule has 0 aliphatic heterocycles. The third-order valence-electron chi connectivity index (χ3n) is 3.69. The fourth-order valence-corrected chi connectivity index (χ4v) is 3.92. The molecule has 0 radical (unpaired) electrons. The maximum atomic E-state index is 12.5. The Morgan fingerprint density at radius 1 is 0.964 bits per heavy atom. The molecule has 1 aromatic heterocycles. The summed E-state index contributed by atoms with van der Waals surface area (Å²) in [5, 5.41) is 16.9. The largest absolute Gasteiger partial charge is 0.478 e. The third kappa shape index (κ3) is 4.59. The smallest absolute Gasteiger partial charge is 0.337 e. The summed E-state index contributed by atoms with van der Waals surface area (Å²) in [6, 6.07) is 12.3. The first-order valence-electron chi connectivity index (χ1n) is 7.84. The van der Waals surface area contributed by atoms with Crippen LogP contribution < -0.4 is 10.6 Å². The van der Waals surface area contributed by atoms with Gasteiger partial charge in [-0.25, -0.2) is 4.79 Å². The van der Waals surface area contributed by atoms with Gasteiger partial charge in [-0.05, 0) is 69.8 Å². The SMILES string of the molecule is O=C(Nc1ccc(Cl)cc1)c1ccc(C(=O)O)c(NC(=O)c2sccc2Br)c1. The average molecular weight is 480 g/mol. The van der Waals surface area contributed by atoms with Gasteiger partial charge in [0, 0.05) is 20.7 Å². The molecule has 0 fully saturated rings. The van der Waals surface area contributed by atoms with E-state index in [0.29, 0.717) is 20.1 Å². The van der Waals surface area contributed by atoms with Gasteiger partial charge in [0.05, 0.1) is 11.3 Å². The lowest BCUT2D eigenvalue weighted by Gasteiger charge is -2.11. The van der Waals surface area contributed by atoms with Crippen molar-refractivity contribution < 1.29 is 19.5 Å². The molecule has 1 heterocycles. The van der Waals surface area contributed by atoms with E-state index in [-0.39, 0.29) is 16.8 Å². The van der Waals surface area contributed by atoms with E-state index in [9.17, 15) is 19.5 Å². The van der Waals surface area contributed by atoms with Crippen molar-refractivity contribution in [3.63, 3.8) is 0 Å². The zero-order chi connectivity index (χ0) is 20.3. The molecule has 3 N–H and O–H groups in total. The van der Waals surface area contributed by atoms with E-state index < -0.39 is 17.8 Å². The summed E-state index contributed by atoms with van der Waals surface area (Å²) in [7, 11) is 0. The highest BCUT2D eigenvalue weighted by molar-refractivity contribution is 9.10. The second-order valence-corrected chi connectivity index (χ2v) is 7.79. The molecular formula is C19H12BrClN2O4S. The number of aromatic carboxylic acids is 1. The van der Waals surface area contributed by atoms with Crippen molar-refractivity contribution in [2.24, 2.45) is 0 Å². The van der Waals surface area contributed by atoms with Crippen LogP contribution in [0.25, 0.3) is 0 Å². The van der Waals surface area contributed by atoms with Gasteiger partial charge in [0.15, 0.2) is 0 Å². The van der Waals surface area contributed by atoms with Crippen LogP contribution in [0.3, 0.4) is 0 Å². The van der Waals surface area contributed by atoms with Crippen LogP contribution in [0.4, 0.5) is 11.4 Å². The van der Waals surface area contributed by atoms with Crippen LogP contribution in [0.15, 0.2) is 58.4 Å². The van der Waals surface area contributed by atoms with Crippen molar-refractivity contribution >= 4 is 68.0 Å². The first kappa shape index (κ1) is 20.1. The zero-order valence-electron chi connectivity index (χ0n) is 14.0. The molecule has 28 heavy (non-hydrogen) atoms. The normalized spacial score (nSPS) is 10.4. The highest BCUT2D eigenvalue weighted by atomic mass is 79.9. The molecule has 6 nitrogen and oxygen atoms in total. The summed E-state index contributed by atoms with van der Waals surface area (Å²) < 4.78 is 0.600. The van der Waals surface area contributed by atoms with Crippen LogP contribution in [0.5, 0.6) is 0 Å². The second-order valence-electron chi connectivity index (χ2n) is 5.58. The molecule has 2 amide bonds. The van der Waals surface area contributed by atoms with E-state index in [2.05, 4.69) is 26.6 Å². The summed E-state index contributed by atoms with van der Waals surface area (Å²) in [5.74, 6) is -2.14. The quantitative estimate of drug-likeness (QED) is 0.458. The van der Waals surface area contributed by atoms with Crippen molar-refractivity contribution in [1.29, 1.82) is 0 Å². The van der Waals surface area contributed by atoms with Crippen molar-refractivity contribution in [2.45, 2.75) is 0 Å². The number of carbonyl (C=O) groups excluding carboxylic acids is 2. The number of carboxylic acids is 1.